The minimum atomic E-state index is -0.307. The first kappa shape index (κ1) is 12.8. The average Bonchev–Trinajstić information content (AvgIpc) is 2.85. The quantitative estimate of drug-likeness (QED) is 0.752. The van der Waals surface area contributed by atoms with Crippen molar-refractivity contribution in [2.45, 2.75) is 32.8 Å². The van der Waals surface area contributed by atoms with E-state index in [-0.39, 0.29) is 42.3 Å². The highest BCUT2D eigenvalue weighted by molar-refractivity contribution is 5.80. The van der Waals surface area contributed by atoms with Gasteiger partial charge < -0.3 is 15.1 Å². The number of aliphatic hydroxyl groups excluding tert-OH is 2. The maximum absolute atomic E-state index is 12.4. The van der Waals surface area contributed by atoms with Gasteiger partial charge in [-0.05, 0) is 44.4 Å². The van der Waals surface area contributed by atoms with E-state index >= 15 is 0 Å². The summed E-state index contributed by atoms with van der Waals surface area (Å²) in [5.41, 5.74) is 0. The molecule has 0 aromatic heterocycles. The van der Waals surface area contributed by atoms with E-state index in [2.05, 4.69) is 0 Å². The van der Waals surface area contributed by atoms with Gasteiger partial charge in [0, 0.05) is 25.6 Å². The van der Waals surface area contributed by atoms with Gasteiger partial charge in [0.1, 0.15) is 0 Å². The normalized spacial score (nSPS) is 39.6. The van der Waals surface area contributed by atoms with Crippen LogP contribution in [0.15, 0.2) is 0 Å². The Balaban J connectivity index is 2.13. The molecule has 4 nitrogen and oxygen atoms in total. The molecule has 2 saturated carbocycles. The number of carbonyl (C=O) groups is 1. The highest BCUT2D eigenvalue weighted by Crippen LogP contribution is 2.52. The molecule has 2 aliphatic carbocycles. The third-order valence-electron chi connectivity index (χ3n) is 4.70. The van der Waals surface area contributed by atoms with E-state index in [0.29, 0.717) is 0 Å². The number of amides is 1. The standard InChI is InChI=1S/C13H23NO3/c1-3-14(4-2)13(17)12-8-5-9(10(12)7-15)11(16)6-8/h8-12,15-16H,3-7H2,1-2H3. The largest absolute Gasteiger partial charge is 0.396 e. The van der Waals surface area contributed by atoms with Gasteiger partial charge in [-0.15, -0.1) is 0 Å². The summed E-state index contributed by atoms with van der Waals surface area (Å²) in [6.07, 6.45) is 1.33. The van der Waals surface area contributed by atoms with Gasteiger partial charge in [0.2, 0.25) is 5.91 Å². The molecule has 2 bridgehead atoms. The average molecular weight is 241 g/mol. The van der Waals surface area contributed by atoms with Crippen LogP contribution in [0, 0.1) is 23.7 Å². The van der Waals surface area contributed by atoms with E-state index in [1.807, 2.05) is 18.7 Å². The molecule has 5 unspecified atom stereocenters. The van der Waals surface area contributed by atoms with Crippen molar-refractivity contribution in [1.29, 1.82) is 0 Å². The molecule has 0 radical (unpaired) electrons. The second kappa shape index (κ2) is 4.94. The first-order chi connectivity index (χ1) is 8.13. The summed E-state index contributed by atoms with van der Waals surface area (Å²) in [6, 6.07) is 0. The topological polar surface area (TPSA) is 60.8 Å². The van der Waals surface area contributed by atoms with Crippen molar-refractivity contribution in [2.24, 2.45) is 23.7 Å². The molecule has 0 aromatic carbocycles. The smallest absolute Gasteiger partial charge is 0.226 e. The minimum absolute atomic E-state index is 0.0237. The lowest BCUT2D eigenvalue weighted by atomic mass is 9.77. The Kier molecular flexibility index (Phi) is 3.73. The number of aliphatic hydroxyl groups is 2. The number of hydrogen-bond acceptors (Lipinski definition) is 3. The maximum atomic E-state index is 12.4. The molecule has 2 fully saturated rings. The van der Waals surface area contributed by atoms with Crippen LogP contribution in [-0.2, 0) is 4.79 Å². The molecular formula is C13H23NO3. The highest BCUT2D eigenvalue weighted by Gasteiger charge is 2.55. The molecule has 0 aliphatic heterocycles. The molecule has 0 saturated heterocycles. The first-order valence-electron chi connectivity index (χ1n) is 6.71. The van der Waals surface area contributed by atoms with Gasteiger partial charge in [0.15, 0.2) is 0 Å². The monoisotopic (exact) mass is 241 g/mol. The van der Waals surface area contributed by atoms with Crippen molar-refractivity contribution in [3.63, 3.8) is 0 Å². The van der Waals surface area contributed by atoms with Crippen LogP contribution in [0.4, 0.5) is 0 Å². The van der Waals surface area contributed by atoms with Gasteiger partial charge in [0.25, 0.3) is 0 Å². The molecular weight excluding hydrogens is 218 g/mol. The predicted octanol–water partition coefficient (Wildman–Crippen LogP) is 0.480. The molecule has 2 rings (SSSR count). The Morgan fingerprint density at radius 3 is 2.47 bits per heavy atom. The van der Waals surface area contributed by atoms with Crippen molar-refractivity contribution in [3.8, 4) is 0 Å². The Morgan fingerprint density at radius 1 is 1.29 bits per heavy atom. The molecule has 5 atom stereocenters. The van der Waals surface area contributed by atoms with Crippen LogP contribution in [0.5, 0.6) is 0 Å². The molecule has 0 heterocycles. The second-order valence-corrected chi connectivity index (χ2v) is 5.35. The van der Waals surface area contributed by atoms with Crippen molar-refractivity contribution >= 4 is 5.91 Å². The van der Waals surface area contributed by atoms with Crippen LogP contribution in [-0.4, -0.2) is 46.8 Å². The lowest BCUT2D eigenvalue weighted by Crippen LogP contribution is -2.44. The van der Waals surface area contributed by atoms with Gasteiger partial charge in [-0.1, -0.05) is 0 Å². The molecule has 2 N–H and O–H groups in total. The summed E-state index contributed by atoms with van der Waals surface area (Å²) in [6.45, 7) is 5.44. The summed E-state index contributed by atoms with van der Waals surface area (Å²) in [7, 11) is 0. The van der Waals surface area contributed by atoms with E-state index in [4.69, 9.17) is 0 Å². The Bertz CT molecular complexity index is 290. The van der Waals surface area contributed by atoms with Gasteiger partial charge in [-0.2, -0.15) is 0 Å². The fraction of sp³-hybridized carbons (Fsp3) is 0.923. The molecule has 2 aliphatic rings. The Labute approximate surface area is 103 Å². The van der Waals surface area contributed by atoms with Crippen molar-refractivity contribution in [1.82, 2.24) is 4.90 Å². The van der Waals surface area contributed by atoms with E-state index in [9.17, 15) is 15.0 Å². The molecule has 98 valence electrons. The van der Waals surface area contributed by atoms with E-state index in [1.165, 1.54) is 0 Å². The SMILES string of the molecule is CCN(CC)C(=O)C1C2CC(O)C(C2)C1CO. The highest BCUT2D eigenvalue weighted by atomic mass is 16.3. The van der Waals surface area contributed by atoms with Crippen LogP contribution in [0.2, 0.25) is 0 Å². The zero-order valence-corrected chi connectivity index (χ0v) is 10.7. The summed E-state index contributed by atoms with van der Waals surface area (Å²) in [4.78, 5) is 14.3. The minimum Gasteiger partial charge on any atom is -0.396 e. The van der Waals surface area contributed by atoms with Gasteiger partial charge >= 0.3 is 0 Å². The van der Waals surface area contributed by atoms with E-state index < -0.39 is 0 Å². The van der Waals surface area contributed by atoms with Crippen LogP contribution in [0.1, 0.15) is 26.7 Å². The van der Waals surface area contributed by atoms with Crippen LogP contribution >= 0.6 is 0 Å². The number of fused-ring (bicyclic) bond motifs is 2. The maximum Gasteiger partial charge on any atom is 0.226 e. The molecule has 17 heavy (non-hydrogen) atoms. The number of hydrogen-bond donors (Lipinski definition) is 2. The zero-order valence-electron chi connectivity index (χ0n) is 10.7. The van der Waals surface area contributed by atoms with Crippen LogP contribution in [0.3, 0.4) is 0 Å². The van der Waals surface area contributed by atoms with Crippen molar-refractivity contribution < 1.29 is 15.0 Å². The van der Waals surface area contributed by atoms with Crippen LogP contribution in [0.25, 0.3) is 0 Å². The summed E-state index contributed by atoms with van der Waals surface area (Å²) < 4.78 is 0. The Morgan fingerprint density at radius 2 is 1.94 bits per heavy atom. The lowest BCUT2D eigenvalue weighted by Gasteiger charge is -2.34. The van der Waals surface area contributed by atoms with Crippen molar-refractivity contribution in [2.75, 3.05) is 19.7 Å². The first-order valence-corrected chi connectivity index (χ1v) is 6.71. The number of rotatable bonds is 4. The third-order valence-corrected chi connectivity index (χ3v) is 4.70. The van der Waals surface area contributed by atoms with E-state index in [1.54, 1.807) is 0 Å². The second-order valence-electron chi connectivity index (χ2n) is 5.35. The Hall–Kier alpha value is -0.610. The molecule has 4 heteroatoms. The molecule has 0 aromatic rings. The lowest BCUT2D eigenvalue weighted by molar-refractivity contribution is -0.140. The zero-order chi connectivity index (χ0) is 12.6. The fourth-order valence-corrected chi connectivity index (χ4v) is 3.84. The van der Waals surface area contributed by atoms with Crippen LogP contribution < -0.4 is 0 Å². The summed E-state index contributed by atoms with van der Waals surface area (Å²) in [5.74, 6) is 0.494. The molecule has 1 amide bonds. The number of nitrogens with zero attached hydrogens (tertiary/aromatic N) is 1. The van der Waals surface area contributed by atoms with Gasteiger partial charge in [-0.3, -0.25) is 4.79 Å². The van der Waals surface area contributed by atoms with Crippen molar-refractivity contribution in [3.05, 3.63) is 0 Å². The van der Waals surface area contributed by atoms with Gasteiger partial charge in [0.05, 0.1) is 6.10 Å². The summed E-state index contributed by atoms with van der Waals surface area (Å²) >= 11 is 0. The molecule has 0 spiro atoms. The fourth-order valence-electron chi connectivity index (χ4n) is 3.84. The third kappa shape index (κ3) is 1.97. The summed E-state index contributed by atoms with van der Waals surface area (Å²) in [5, 5.41) is 19.3. The predicted molar refractivity (Wildman–Crippen MR) is 64.2 cm³/mol. The van der Waals surface area contributed by atoms with E-state index in [0.717, 1.165) is 25.9 Å². The number of carbonyl (C=O) groups excluding carboxylic acids is 1. The van der Waals surface area contributed by atoms with Gasteiger partial charge in [-0.25, -0.2) is 0 Å².